The average Bonchev–Trinajstić information content (AvgIpc) is 2.88. The van der Waals surface area contributed by atoms with Crippen LogP contribution in [0, 0.1) is 18.6 Å². The summed E-state index contributed by atoms with van der Waals surface area (Å²) in [4.78, 5) is 11.9. The number of nitrogens with one attached hydrogen (secondary N) is 1. The van der Waals surface area contributed by atoms with Gasteiger partial charge in [-0.2, -0.15) is 5.10 Å². The predicted molar refractivity (Wildman–Crippen MR) is 68.4 cm³/mol. The lowest BCUT2D eigenvalue weighted by Gasteiger charge is -2.07. The van der Waals surface area contributed by atoms with E-state index in [0.717, 1.165) is 0 Å². The summed E-state index contributed by atoms with van der Waals surface area (Å²) in [5.41, 5.74) is 0.128. The molecule has 1 heterocycles. The van der Waals surface area contributed by atoms with Gasteiger partial charge in [0.15, 0.2) is 11.6 Å². The lowest BCUT2D eigenvalue weighted by molar-refractivity contribution is 0.102. The van der Waals surface area contributed by atoms with Gasteiger partial charge in [-0.05, 0) is 18.6 Å². The minimum absolute atomic E-state index is 0.111. The van der Waals surface area contributed by atoms with Gasteiger partial charge in [0.05, 0.1) is 30.6 Å². The Morgan fingerprint density at radius 1 is 1.40 bits per heavy atom. The van der Waals surface area contributed by atoms with E-state index in [2.05, 4.69) is 10.4 Å². The molecule has 2 aromatic rings. The number of amides is 1. The van der Waals surface area contributed by atoms with Crippen molar-refractivity contribution >= 4 is 11.6 Å². The van der Waals surface area contributed by atoms with Crippen molar-refractivity contribution in [3.63, 3.8) is 0 Å². The molecular formula is C13H13F2N3O2. The molecule has 0 aliphatic rings. The molecule has 0 saturated heterocycles. The van der Waals surface area contributed by atoms with Crippen LogP contribution in [0.15, 0.2) is 24.5 Å². The fraction of sp³-hybridized carbons (Fsp3) is 0.231. The average molecular weight is 281 g/mol. The molecule has 1 aromatic carbocycles. The van der Waals surface area contributed by atoms with E-state index in [1.165, 1.54) is 36.1 Å². The van der Waals surface area contributed by atoms with E-state index in [1.807, 2.05) is 0 Å². The highest BCUT2D eigenvalue weighted by atomic mass is 19.2. The van der Waals surface area contributed by atoms with Crippen molar-refractivity contribution < 1.29 is 18.7 Å². The van der Waals surface area contributed by atoms with Crippen molar-refractivity contribution in [2.45, 2.75) is 13.5 Å². The summed E-state index contributed by atoms with van der Waals surface area (Å²) in [6.45, 7) is 1.57. The highest BCUT2D eigenvalue weighted by Crippen LogP contribution is 2.20. The largest absolute Gasteiger partial charge is 0.394 e. The lowest BCUT2D eigenvalue weighted by Crippen LogP contribution is -2.13. The number of aliphatic hydroxyl groups excluding tert-OH is 1. The van der Waals surface area contributed by atoms with E-state index in [4.69, 9.17) is 5.11 Å². The van der Waals surface area contributed by atoms with Gasteiger partial charge in [-0.25, -0.2) is 8.78 Å². The van der Waals surface area contributed by atoms with Gasteiger partial charge in [-0.15, -0.1) is 0 Å². The van der Waals surface area contributed by atoms with Crippen LogP contribution in [-0.4, -0.2) is 27.4 Å². The van der Waals surface area contributed by atoms with Crippen molar-refractivity contribution in [3.05, 3.63) is 47.3 Å². The lowest BCUT2D eigenvalue weighted by atomic mass is 10.2. The predicted octanol–water partition coefficient (Wildman–Crippen LogP) is 1.71. The third-order valence-corrected chi connectivity index (χ3v) is 2.75. The monoisotopic (exact) mass is 281 g/mol. The van der Waals surface area contributed by atoms with Crippen LogP contribution in [0.5, 0.6) is 0 Å². The summed E-state index contributed by atoms with van der Waals surface area (Å²) in [6, 6.07) is 2.67. The zero-order valence-corrected chi connectivity index (χ0v) is 10.7. The Morgan fingerprint density at radius 2 is 2.15 bits per heavy atom. The molecule has 0 radical (unpaired) electrons. The summed E-state index contributed by atoms with van der Waals surface area (Å²) in [6.07, 6.45) is 2.70. The maximum Gasteiger partial charge on any atom is 0.258 e. The Labute approximate surface area is 113 Å². The normalized spacial score (nSPS) is 10.6. The molecular weight excluding hydrogens is 268 g/mol. The van der Waals surface area contributed by atoms with Crippen LogP contribution in [0.1, 0.15) is 15.9 Å². The highest BCUT2D eigenvalue weighted by Gasteiger charge is 2.15. The number of anilines is 1. The van der Waals surface area contributed by atoms with Crippen molar-refractivity contribution in [1.29, 1.82) is 0 Å². The SMILES string of the molecule is Cc1ccc(NC(=O)c2cnn(CCO)c2)c(F)c1F. The van der Waals surface area contributed by atoms with Gasteiger partial charge in [0.2, 0.25) is 0 Å². The molecule has 2 N–H and O–H groups in total. The second kappa shape index (κ2) is 5.79. The molecule has 7 heteroatoms. The third-order valence-electron chi connectivity index (χ3n) is 2.75. The fourth-order valence-electron chi connectivity index (χ4n) is 1.64. The number of carbonyl (C=O) groups excluding carboxylic acids is 1. The van der Waals surface area contributed by atoms with Crippen LogP contribution in [0.3, 0.4) is 0 Å². The third kappa shape index (κ3) is 2.83. The number of aromatic nitrogens is 2. The highest BCUT2D eigenvalue weighted by molar-refractivity contribution is 6.04. The van der Waals surface area contributed by atoms with E-state index < -0.39 is 17.5 Å². The topological polar surface area (TPSA) is 67.2 Å². The molecule has 0 aliphatic heterocycles. The quantitative estimate of drug-likeness (QED) is 0.896. The maximum absolute atomic E-state index is 13.6. The number of hydrogen-bond donors (Lipinski definition) is 2. The maximum atomic E-state index is 13.6. The van der Waals surface area contributed by atoms with Crippen LogP contribution < -0.4 is 5.32 Å². The van der Waals surface area contributed by atoms with Crippen LogP contribution in [0.25, 0.3) is 0 Å². The molecule has 2 rings (SSSR count). The summed E-state index contributed by atoms with van der Waals surface area (Å²) < 4.78 is 28.4. The van der Waals surface area contributed by atoms with Gasteiger partial charge in [-0.1, -0.05) is 6.07 Å². The minimum Gasteiger partial charge on any atom is -0.394 e. The Kier molecular flexibility index (Phi) is 4.09. The van der Waals surface area contributed by atoms with E-state index in [0.29, 0.717) is 0 Å². The molecule has 0 fully saturated rings. The molecule has 0 saturated carbocycles. The smallest absolute Gasteiger partial charge is 0.258 e. The number of carbonyl (C=O) groups is 1. The van der Waals surface area contributed by atoms with Gasteiger partial charge in [-0.3, -0.25) is 9.48 Å². The van der Waals surface area contributed by atoms with Crippen LogP contribution in [0.2, 0.25) is 0 Å². The number of aryl methyl sites for hydroxylation is 1. The molecule has 0 unspecified atom stereocenters. The summed E-state index contributed by atoms with van der Waals surface area (Å²) >= 11 is 0. The summed E-state index contributed by atoms with van der Waals surface area (Å²) in [7, 11) is 0. The number of hydrogen-bond acceptors (Lipinski definition) is 3. The molecule has 5 nitrogen and oxygen atoms in total. The second-order valence-electron chi connectivity index (χ2n) is 4.23. The van der Waals surface area contributed by atoms with Gasteiger partial charge in [0.25, 0.3) is 5.91 Å². The Hall–Kier alpha value is -2.28. The molecule has 1 aromatic heterocycles. The fourth-order valence-corrected chi connectivity index (χ4v) is 1.64. The van der Waals surface area contributed by atoms with E-state index in [9.17, 15) is 13.6 Å². The number of halogens is 2. The van der Waals surface area contributed by atoms with Crippen molar-refractivity contribution in [3.8, 4) is 0 Å². The molecule has 0 atom stereocenters. The number of rotatable bonds is 4. The molecule has 20 heavy (non-hydrogen) atoms. The molecule has 0 bridgehead atoms. The van der Waals surface area contributed by atoms with Crippen molar-refractivity contribution in [2.75, 3.05) is 11.9 Å². The van der Waals surface area contributed by atoms with E-state index >= 15 is 0 Å². The van der Waals surface area contributed by atoms with Crippen LogP contribution in [-0.2, 0) is 6.54 Å². The van der Waals surface area contributed by atoms with Gasteiger partial charge >= 0.3 is 0 Å². The first-order chi connectivity index (χ1) is 9.52. The molecule has 106 valence electrons. The van der Waals surface area contributed by atoms with Crippen LogP contribution >= 0.6 is 0 Å². The first-order valence-corrected chi connectivity index (χ1v) is 5.92. The first-order valence-electron chi connectivity index (χ1n) is 5.92. The molecule has 0 spiro atoms. The number of benzene rings is 1. The van der Waals surface area contributed by atoms with Gasteiger partial charge in [0, 0.05) is 6.20 Å². The minimum atomic E-state index is -1.10. The van der Waals surface area contributed by atoms with Crippen molar-refractivity contribution in [1.82, 2.24) is 9.78 Å². The zero-order valence-electron chi connectivity index (χ0n) is 10.7. The van der Waals surface area contributed by atoms with E-state index in [-0.39, 0.29) is 30.0 Å². The zero-order chi connectivity index (χ0) is 14.7. The first kappa shape index (κ1) is 14.1. The standard InChI is InChI=1S/C13H13F2N3O2/c1-8-2-3-10(12(15)11(8)14)17-13(20)9-6-16-18(7-9)4-5-19/h2-3,6-7,19H,4-5H2,1H3,(H,17,20). The Balaban J connectivity index is 2.17. The Morgan fingerprint density at radius 3 is 2.85 bits per heavy atom. The summed E-state index contributed by atoms with van der Waals surface area (Å²) in [5.74, 6) is -2.68. The Bertz CT molecular complexity index is 641. The van der Waals surface area contributed by atoms with Gasteiger partial charge in [0.1, 0.15) is 0 Å². The number of aliphatic hydroxyl groups is 1. The van der Waals surface area contributed by atoms with Crippen molar-refractivity contribution in [2.24, 2.45) is 0 Å². The molecule has 0 aliphatic carbocycles. The van der Waals surface area contributed by atoms with Gasteiger partial charge < -0.3 is 10.4 Å². The number of nitrogens with zero attached hydrogens (tertiary/aromatic N) is 2. The van der Waals surface area contributed by atoms with E-state index in [1.54, 1.807) is 0 Å². The summed E-state index contributed by atoms with van der Waals surface area (Å²) in [5, 5.41) is 14.9. The molecule has 1 amide bonds. The van der Waals surface area contributed by atoms with Crippen LogP contribution in [0.4, 0.5) is 14.5 Å². The second-order valence-corrected chi connectivity index (χ2v) is 4.23.